The minimum atomic E-state index is -2.11. The number of benzene rings is 1. The Morgan fingerprint density at radius 3 is 1.93 bits per heavy atom. The Labute approximate surface area is 85.1 Å². The molecule has 3 heteroatoms. The van der Waals surface area contributed by atoms with E-state index in [0.717, 1.165) is 16.7 Å². The molecule has 0 N–H and O–H groups in total. The van der Waals surface area contributed by atoms with Crippen LogP contribution in [-0.2, 0) is 4.57 Å². The number of hydrogen-bond donors (Lipinski definition) is 0. The molecule has 0 spiro atoms. The molecule has 0 fully saturated rings. The van der Waals surface area contributed by atoms with E-state index >= 15 is 0 Å². The third-order valence-electron chi connectivity index (χ3n) is 2.22. The molecule has 0 saturated carbocycles. The molecule has 1 aromatic rings. The van der Waals surface area contributed by atoms with Crippen LogP contribution in [-0.4, -0.2) is 12.2 Å². The number of hydrogen-bond acceptors (Lipinski definition) is 2. The van der Waals surface area contributed by atoms with Crippen molar-refractivity contribution in [3.8, 4) is 0 Å². The van der Waals surface area contributed by atoms with Crippen LogP contribution in [0.5, 0.6) is 0 Å². The van der Waals surface area contributed by atoms with Crippen molar-refractivity contribution in [3.05, 3.63) is 34.4 Å². The van der Waals surface area contributed by atoms with E-state index in [4.69, 9.17) is 0 Å². The fourth-order valence-corrected chi connectivity index (χ4v) is 2.46. The van der Waals surface area contributed by atoms with Crippen LogP contribution in [0.3, 0.4) is 0 Å². The Bertz CT molecular complexity index is 385. The minimum Gasteiger partial charge on any atom is -0.319 e. The van der Waals surface area contributed by atoms with Crippen molar-refractivity contribution in [3.63, 3.8) is 0 Å². The van der Waals surface area contributed by atoms with E-state index in [1.807, 2.05) is 32.9 Å². The summed E-state index contributed by atoms with van der Waals surface area (Å²) in [5.41, 5.74) is 3.42. The molecular weight excluding hydrogens is 195 g/mol. The normalized spacial score (nSPS) is 12.6. The largest absolute Gasteiger partial charge is 0.319 e. The molecule has 14 heavy (non-hydrogen) atoms. The van der Waals surface area contributed by atoms with Gasteiger partial charge in [0, 0.05) is 5.56 Å². The van der Waals surface area contributed by atoms with E-state index in [9.17, 15) is 9.36 Å². The lowest BCUT2D eigenvalue weighted by atomic mass is 10.0. The number of carbonyl (C=O) groups excluding carboxylic acids is 1. The molecule has 1 aromatic carbocycles. The maximum Gasteiger partial charge on any atom is 0.218 e. The van der Waals surface area contributed by atoms with E-state index < -0.39 is 7.80 Å². The van der Waals surface area contributed by atoms with Crippen LogP contribution >= 0.6 is 7.80 Å². The third-order valence-corrected chi connectivity index (χ3v) is 3.11. The van der Waals surface area contributed by atoms with Crippen LogP contribution in [0.1, 0.15) is 27.0 Å². The van der Waals surface area contributed by atoms with Crippen molar-refractivity contribution < 1.29 is 9.36 Å². The van der Waals surface area contributed by atoms with Gasteiger partial charge in [-0.3, -0.25) is 4.79 Å². The molecule has 76 valence electrons. The van der Waals surface area contributed by atoms with Crippen LogP contribution in [0, 0.1) is 20.8 Å². The lowest BCUT2D eigenvalue weighted by Crippen LogP contribution is -2.00. The predicted octanol–water partition coefficient (Wildman–Crippen LogP) is 2.94. The fraction of sp³-hybridized carbons (Fsp3) is 0.364. The second-order valence-electron chi connectivity index (χ2n) is 3.66. The van der Waals surface area contributed by atoms with Crippen LogP contribution in [0.15, 0.2) is 12.1 Å². The summed E-state index contributed by atoms with van der Waals surface area (Å²) in [7, 11) is -2.11. The molecule has 1 rings (SSSR count). The van der Waals surface area contributed by atoms with Crippen LogP contribution in [0.2, 0.25) is 0 Å². The molecule has 0 amide bonds. The van der Waals surface area contributed by atoms with Gasteiger partial charge in [0.2, 0.25) is 5.52 Å². The van der Waals surface area contributed by atoms with Gasteiger partial charge in [-0.2, -0.15) is 0 Å². The van der Waals surface area contributed by atoms with Crippen molar-refractivity contribution in [2.24, 2.45) is 0 Å². The minimum absolute atomic E-state index is 0.204. The van der Waals surface area contributed by atoms with Gasteiger partial charge in [-0.1, -0.05) is 17.7 Å². The second-order valence-corrected chi connectivity index (χ2v) is 5.23. The Morgan fingerprint density at radius 1 is 1.14 bits per heavy atom. The summed E-state index contributed by atoms with van der Waals surface area (Å²) >= 11 is 0. The summed E-state index contributed by atoms with van der Waals surface area (Å²) in [4.78, 5) is 11.6. The quantitative estimate of drug-likeness (QED) is 0.703. The van der Waals surface area contributed by atoms with Crippen molar-refractivity contribution in [2.75, 3.05) is 6.66 Å². The predicted molar refractivity (Wildman–Crippen MR) is 59.9 cm³/mol. The summed E-state index contributed by atoms with van der Waals surface area (Å²) < 4.78 is 11.2. The first-order valence-corrected chi connectivity index (χ1v) is 6.47. The molecule has 0 saturated heterocycles. The first-order chi connectivity index (χ1) is 6.43. The van der Waals surface area contributed by atoms with Gasteiger partial charge in [0.15, 0.2) is 0 Å². The Kier molecular flexibility index (Phi) is 3.28. The Morgan fingerprint density at radius 2 is 1.57 bits per heavy atom. The van der Waals surface area contributed by atoms with Crippen molar-refractivity contribution >= 4 is 13.3 Å². The highest BCUT2D eigenvalue weighted by molar-refractivity contribution is 7.63. The lowest BCUT2D eigenvalue weighted by molar-refractivity contribution is 0.107. The van der Waals surface area contributed by atoms with E-state index in [1.54, 1.807) is 0 Å². The van der Waals surface area contributed by atoms with Gasteiger partial charge in [-0.15, -0.1) is 0 Å². The summed E-state index contributed by atoms with van der Waals surface area (Å²) in [5.74, 6) is 0. The van der Waals surface area contributed by atoms with Crippen molar-refractivity contribution in [2.45, 2.75) is 20.8 Å². The molecule has 0 aromatic heterocycles. The third kappa shape index (κ3) is 2.13. The summed E-state index contributed by atoms with van der Waals surface area (Å²) in [6.07, 6.45) is 0. The number of aryl methyl sites for hydroxylation is 3. The molecule has 0 bridgehead atoms. The fourth-order valence-electron chi connectivity index (χ4n) is 1.71. The molecule has 0 aliphatic rings. The van der Waals surface area contributed by atoms with Gasteiger partial charge in [-0.25, -0.2) is 0 Å². The standard InChI is InChI=1S/C11H15O2P/c1-7-5-8(2)10(9(3)6-7)11(12)14(4)13/h5-6,14H,1-4H3. The SMILES string of the molecule is Cc1cc(C)c(C(=O)[PH](C)=O)c(C)c1. The first-order valence-electron chi connectivity index (χ1n) is 4.56. The number of rotatable bonds is 2. The summed E-state index contributed by atoms with van der Waals surface area (Å²) in [6.45, 7) is 7.26. The van der Waals surface area contributed by atoms with Gasteiger partial charge in [-0.05, 0) is 38.6 Å². The molecule has 0 radical (unpaired) electrons. The van der Waals surface area contributed by atoms with E-state index in [1.165, 1.54) is 6.66 Å². The molecule has 0 aliphatic carbocycles. The van der Waals surface area contributed by atoms with Gasteiger partial charge in [0.1, 0.15) is 7.80 Å². The molecule has 0 heterocycles. The lowest BCUT2D eigenvalue weighted by Gasteiger charge is -2.08. The summed E-state index contributed by atoms with van der Waals surface area (Å²) in [6, 6.07) is 3.90. The van der Waals surface area contributed by atoms with Gasteiger partial charge < -0.3 is 4.57 Å². The van der Waals surface area contributed by atoms with E-state index in [0.29, 0.717) is 5.56 Å². The molecule has 0 aliphatic heterocycles. The summed E-state index contributed by atoms with van der Waals surface area (Å²) in [5, 5.41) is 0. The molecule has 1 unspecified atom stereocenters. The average Bonchev–Trinajstić information content (AvgIpc) is 2.01. The highest BCUT2D eigenvalue weighted by Gasteiger charge is 2.15. The zero-order valence-corrected chi connectivity index (χ0v) is 9.97. The van der Waals surface area contributed by atoms with Crippen LogP contribution in [0.25, 0.3) is 0 Å². The van der Waals surface area contributed by atoms with Crippen molar-refractivity contribution in [1.82, 2.24) is 0 Å². The number of carbonyl (C=O) groups is 1. The van der Waals surface area contributed by atoms with Crippen LogP contribution in [0.4, 0.5) is 0 Å². The van der Waals surface area contributed by atoms with Gasteiger partial charge in [0.25, 0.3) is 0 Å². The molecule has 2 nitrogen and oxygen atoms in total. The van der Waals surface area contributed by atoms with E-state index in [2.05, 4.69) is 0 Å². The van der Waals surface area contributed by atoms with Crippen molar-refractivity contribution in [1.29, 1.82) is 0 Å². The maximum atomic E-state index is 11.6. The molecular formula is C11H15O2P. The average molecular weight is 210 g/mol. The van der Waals surface area contributed by atoms with E-state index in [-0.39, 0.29) is 5.52 Å². The van der Waals surface area contributed by atoms with Crippen LogP contribution < -0.4 is 0 Å². The topological polar surface area (TPSA) is 34.1 Å². The zero-order valence-electron chi connectivity index (χ0n) is 8.97. The smallest absolute Gasteiger partial charge is 0.218 e. The van der Waals surface area contributed by atoms with Gasteiger partial charge in [0.05, 0.1) is 0 Å². The monoisotopic (exact) mass is 210 g/mol. The van der Waals surface area contributed by atoms with Gasteiger partial charge >= 0.3 is 0 Å². The Hall–Kier alpha value is -0.880. The highest BCUT2D eigenvalue weighted by atomic mass is 31.1. The second kappa shape index (κ2) is 4.10. The zero-order chi connectivity index (χ0) is 10.9. The Balaban J connectivity index is 3.35. The molecule has 1 atom stereocenters. The highest BCUT2D eigenvalue weighted by Crippen LogP contribution is 2.27. The first kappa shape index (κ1) is 11.2. The maximum absolute atomic E-state index is 11.6.